The van der Waals surface area contributed by atoms with E-state index in [2.05, 4.69) is 15.4 Å². The first-order chi connectivity index (χ1) is 10.1. The molecule has 0 unspecified atom stereocenters. The normalized spacial score (nSPS) is 14.0. The second-order valence-electron chi connectivity index (χ2n) is 5.29. The van der Waals surface area contributed by atoms with Crippen molar-refractivity contribution < 1.29 is 4.79 Å². The molecule has 0 atom stereocenters. The molecule has 2 aromatic rings. The van der Waals surface area contributed by atoms with Crippen molar-refractivity contribution in [2.24, 2.45) is 0 Å². The summed E-state index contributed by atoms with van der Waals surface area (Å²) in [4.78, 5) is 27.8. The maximum atomic E-state index is 12.0. The van der Waals surface area contributed by atoms with Crippen LogP contribution in [-0.2, 0) is 11.3 Å². The SMILES string of the molecule is Cc1ccnc(NC(=O)Cn2nc(C3CC3)ccc2=O)c1. The fraction of sp³-hybridized carbons (Fsp3) is 0.333. The molecule has 1 amide bonds. The van der Waals surface area contributed by atoms with Gasteiger partial charge in [0.15, 0.2) is 0 Å². The Morgan fingerprint density at radius 2 is 2.19 bits per heavy atom. The van der Waals surface area contributed by atoms with Crippen molar-refractivity contribution in [3.8, 4) is 0 Å². The second kappa shape index (κ2) is 5.47. The lowest BCUT2D eigenvalue weighted by Crippen LogP contribution is -2.29. The molecule has 6 heteroatoms. The van der Waals surface area contributed by atoms with Crippen molar-refractivity contribution in [2.75, 3.05) is 5.32 Å². The van der Waals surface area contributed by atoms with Crippen molar-refractivity contribution in [1.82, 2.24) is 14.8 Å². The number of carbonyl (C=O) groups excluding carboxylic acids is 1. The maximum Gasteiger partial charge on any atom is 0.267 e. The van der Waals surface area contributed by atoms with E-state index in [9.17, 15) is 9.59 Å². The molecule has 1 saturated carbocycles. The van der Waals surface area contributed by atoms with Crippen LogP contribution in [0.15, 0.2) is 35.3 Å². The molecular formula is C15H16N4O2. The van der Waals surface area contributed by atoms with Crippen LogP contribution in [0.25, 0.3) is 0 Å². The zero-order chi connectivity index (χ0) is 14.8. The number of nitrogens with zero attached hydrogens (tertiary/aromatic N) is 3. The minimum Gasteiger partial charge on any atom is -0.309 e. The smallest absolute Gasteiger partial charge is 0.267 e. The molecule has 1 aliphatic carbocycles. The van der Waals surface area contributed by atoms with Gasteiger partial charge in [-0.2, -0.15) is 5.10 Å². The summed E-state index contributed by atoms with van der Waals surface area (Å²) in [7, 11) is 0. The van der Waals surface area contributed by atoms with E-state index < -0.39 is 0 Å². The van der Waals surface area contributed by atoms with E-state index in [0.717, 1.165) is 24.1 Å². The Labute approximate surface area is 121 Å². The Balaban J connectivity index is 1.72. The van der Waals surface area contributed by atoms with E-state index in [-0.39, 0.29) is 18.0 Å². The van der Waals surface area contributed by atoms with Gasteiger partial charge in [-0.15, -0.1) is 0 Å². The zero-order valence-corrected chi connectivity index (χ0v) is 11.7. The topological polar surface area (TPSA) is 76.9 Å². The van der Waals surface area contributed by atoms with Gasteiger partial charge in [0.05, 0.1) is 5.69 Å². The van der Waals surface area contributed by atoms with Gasteiger partial charge in [0.2, 0.25) is 5.91 Å². The van der Waals surface area contributed by atoms with Gasteiger partial charge in [0, 0.05) is 18.2 Å². The lowest BCUT2D eigenvalue weighted by molar-refractivity contribution is -0.117. The van der Waals surface area contributed by atoms with Crippen LogP contribution < -0.4 is 10.9 Å². The highest BCUT2D eigenvalue weighted by atomic mass is 16.2. The number of aromatic nitrogens is 3. The number of nitrogens with one attached hydrogen (secondary N) is 1. The predicted octanol–water partition coefficient (Wildman–Crippen LogP) is 1.46. The monoisotopic (exact) mass is 284 g/mol. The highest BCUT2D eigenvalue weighted by Gasteiger charge is 2.25. The number of rotatable bonds is 4. The van der Waals surface area contributed by atoms with Gasteiger partial charge in [-0.25, -0.2) is 9.67 Å². The number of pyridine rings is 1. The van der Waals surface area contributed by atoms with Gasteiger partial charge in [-0.05, 0) is 43.5 Å². The highest BCUT2D eigenvalue weighted by molar-refractivity contribution is 5.89. The number of carbonyl (C=O) groups is 1. The molecule has 3 rings (SSSR count). The maximum absolute atomic E-state index is 12.0. The van der Waals surface area contributed by atoms with Gasteiger partial charge in [-0.1, -0.05) is 0 Å². The van der Waals surface area contributed by atoms with Crippen LogP contribution in [0.5, 0.6) is 0 Å². The molecular weight excluding hydrogens is 268 g/mol. The summed E-state index contributed by atoms with van der Waals surface area (Å²) in [5.41, 5.74) is 1.62. The van der Waals surface area contributed by atoms with Crippen molar-refractivity contribution in [3.05, 3.63) is 52.1 Å². The summed E-state index contributed by atoms with van der Waals surface area (Å²) in [6.45, 7) is 1.82. The molecule has 0 spiro atoms. The van der Waals surface area contributed by atoms with E-state index in [1.807, 2.05) is 13.0 Å². The molecule has 0 aromatic carbocycles. The summed E-state index contributed by atoms with van der Waals surface area (Å²) in [6, 6.07) is 6.84. The van der Waals surface area contributed by atoms with Crippen LogP contribution in [0.3, 0.4) is 0 Å². The van der Waals surface area contributed by atoms with Gasteiger partial charge < -0.3 is 5.32 Å². The summed E-state index contributed by atoms with van der Waals surface area (Å²) < 4.78 is 1.21. The number of aryl methyl sites for hydroxylation is 1. The van der Waals surface area contributed by atoms with E-state index in [0.29, 0.717) is 11.7 Å². The van der Waals surface area contributed by atoms with E-state index >= 15 is 0 Å². The molecule has 0 aliphatic heterocycles. The van der Waals surface area contributed by atoms with E-state index in [1.165, 1.54) is 10.7 Å². The molecule has 1 N–H and O–H groups in total. The summed E-state index contributed by atoms with van der Waals surface area (Å²) in [5, 5.41) is 6.93. The van der Waals surface area contributed by atoms with E-state index in [4.69, 9.17) is 0 Å². The fourth-order valence-corrected chi connectivity index (χ4v) is 2.10. The van der Waals surface area contributed by atoms with Gasteiger partial charge in [-0.3, -0.25) is 9.59 Å². The summed E-state index contributed by atoms with van der Waals surface area (Å²) in [5.74, 6) is 0.611. The first-order valence-electron chi connectivity index (χ1n) is 6.92. The number of hydrogen-bond donors (Lipinski definition) is 1. The van der Waals surface area contributed by atoms with Crippen molar-refractivity contribution in [1.29, 1.82) is 0 Å². The Kier molecular flexibility index (Phi) is 3.51. The zero-order valence-electron chi connectivity index (χ0n) is 11.7. The predicted molar refractivity (Wildman–Crippen MR) is 78.1 cm³/mol. The lowest BCUT2D eigenvalue weighted by atomic mass is 10.3. The molecule has 0 bridgehead atoms. The molecule has 21 heavy (non-hydrogen) atoms. The molecule has 2 aromatic heterocycles. The molecule has 1 fully saturated rings. The minimum atomic E-state index is -0.310. The number of amides is 1. The minimum absolute atomic E-state index is 0.102. The second-order valence-corrected chi connectivity index (χ2v) is 5.29. The van der Waals surface area contributed by atoms with Crippen molar-refractivity contribution in [2.45, 2.75) is 32.2 Å². The third kappa shape index (κ3) is 3.34. The molecule has 0 radical (unpaired) electrons. The molecule has 2 heterocycles. The molecule has 6 nitrogen and oxygen atoms in total. The molecule has 0 saturated heterocycles. The largest absolute Gasteiger partial charge is 0.309 e. The van der Waals surface area contributed by atoms with Crippen LogP contribution in [-0.4, -0.2) is 20.7 Å². The quantitative estimate of drug-likeness (QED) is 0.922. The highest BCUT2D eigenvalue weighted by Crippen LogP contribution is 2.38. The van der Waals surface area contributed by atoms with E-state index in [1.54, 1.807) is 18.3 Å². The van der Waals surface area contributed by atoms with Gasteiger partial charge in [0.1, 0.15) is 12.4 Å². The van der Waals surface area contributed by atoms with Crippen molar-refractivity contribution >= 4 is 11.7 Å². The standard InChI is InChI=1S/C15H16N4O2/c1-10-6-7-16-13(8-10)17-14(20)9-19-15(21)5-4-12(18-19)11-2-3-11/h4-8,11H,2-3,9H2,1H3,(H,16,17,20). The van der Waals surface area contributed by atoms with Crippen molar-refractivity contribution in [3.63, 3.8) is 0 Å². The molecule has 108 valence electrons. The Bertz CT molecular complexity index is 734. The first kappa shape index (κ1) is 13.5. The van der Waals surface area contributed by atoms with Crippen LogP contribution in [0, 0.1) is 6.92 Å². The summed E-state index contributed by atoms with van der Waals surface area (Å²) >= 11 is 0. The third-order valence-corrected chi connectivity index (χ3v) is 3.36. The number of hydrogen-bond acceptors (Lipinski definition) is 4. The summed E-state index contributed by atoms with van der Waals surface area (Å²) in [6.07, 6.45) is 3.83. The average molecular weight is 284 g/mol. The Morgan fingerprint density at radius 1 is 1.38 bits per heavy atom. The average Bonchev–Trinajstić information content (AvgIpc) is 3.25. The lowest BCUT2D eigenvalue weighted by Gasteiger charge is -2.07. The first-order valence-corrected chi connectivity index (χ1v) is 6.92. The van der Waals surface area contributed by atoms with Gasteiger partial charge in [0.25, 0.3) is 5.56 Å². The van der Waals surface area contributed by atoms with Crippen LogP contribution in [0.4, 0.5) is 5.82 Å². The number of anilines is 1. The van der Waals surface area contributed by atoms with Crippen LogP contribution in [0.2, 0.25) is 0 Å². The Morgan fingerprint density at radius 3 is 2.90 bits per heavy atom. The third-order valence-electron chi connectivity index (χ3n) is 3.36. The van der Waals surface area contributed by atoms with Gasteiger partial charge >= 0.3 is 0 Å². The Hall–Kier alpha value is -2.50. The fourth-order valence-electron chi connectivity index (χ4n) is 2.10. The van der Waals surface area contributed by atoms with Crippen LogP contribution in [0.1, 0.15) is 30.0 Å². The molecule has 1 aliphatic rings. The van der Waals surface area contributed by atoms with Crippen LogP contribution >= 0.6 is 0 Å².